The molecule has 0 spiro atoms. The second-order valence-electron chi connectivity index (χ2n) is 7.18. The molecule has 1 aromatic heterocycles. The quantitative estimate of drug-likeness (QED) is 0.270. The zero-order chi connectivity index (χ0) is 20.5. The molecule has 166 valence electrons. The van der Waals surface area contributed by atoms with Crippen LogP contribution in [0, 0.1) is 6.92 Å². The smallest absolute Gasteiger partial charge is 0.191 e. The third-order valence-electron chi connectivity index (χ3n) is 4.96. The van der Waals surface area contributed by atoms with Gasteiger partial charge in [-0.15, -0.1) is 35.3 Å². The van der Waals surface area contributed by atoms with E-state index in [-0.39, 0.29) is 30.0 Å². The molecule has 6 nitrogen and oxygen atoms in total. The van der Waals surface area contributed by atoms with Gasteiger partial charge in [-0.25, -0.2) is 0 Å². The topological polar surface area (TPSA) is 69.1 Å². The molecule has 0 saturated carbocycles. The number of ether oxygens (including phenoxy) is 1. The summed E-state index contributed by atoms with van der Waals surface area (Å²) in [6.07, 6.45) is 0.829. The summed E-state index contributed by atoms with van der Waals surface area (Å²) in [5.41, 5.74) is 1.11. The number of hydrogen-bond donors (Lipinski definition) is 3. The van der Waals surface area contributed by atoms with Crippen molar-refractivity contribution in [2.45, 2.75) is 26.3 Å². The number of thiophene rings is 1. The molecule has 0 radical (unpaired) electrons. The number of aryl methyl sites for hydroxylation is 1. The standard InChI is InChI=1S/C22H32N4O2S.HI/c1-3-23-22(24-10-9-18-5-4-6-19(27)15-18)25-16-20(21-8-7-17(2)29-21)26-11-13-28-14-12-26;/h4-8,15,20,27H,3,9-14,16H2,1-2H3,(H2,23,24,25);1H. The Kier molecular flexibility index (Phi) is 10.9. The summed E-state index contributed by atoms with van der Waals surface area (Å²) in [6.45, 7) is 9.97. The fourth-order valence-electron chi connectivity index (χ4n) is 3.46. The van der Waals surface area contributed by atoms with Gasteiger partial charge in [0.05, 0.1) is 25.8 Å². The van der Waals surface area contributed by atoms with Crippen molar-refractivity contribution in [2.24, 2.45) is 4.99 Å². The summed E-state index contributed by atoms with van der Waals surface area (Å²) < 4.78 is 5.54. The zero-order valence-corrected chi connectivity index (χ0v) is 20.9. The lowest BCUT2D eigenvalue weighted by Crippen LogP contribution is -2.42. The van der Waals surface area contributed by atoms with E-state index in [0.717, 1.165) is 57.3 Å². The predicted molar refractivity (Wildman–Crippen MR) is 135 cm³/mol. The van der Waals surface area contributed by atoms with E-state index in [2.05, 4.69) is 41.5 Å². The number of aromatic hydroxyl groups is 1. The molecular formula is C22H33IN4O2S. The summed E-state index contributed by atoms with van der Waals surface area (Å²) in [5.74, 6) is 1.14. The summed E-state index contributed by atoms with van der Waals surface area (Å²) in [5, 5.41) is 16.4. The molecule has 1 saturated heterocycles. The highest BCUT2D eigenvalue weighted by atomic mass is 127. The number of nitrogens with zero attached hydrogens (tertiary/aromatic N) is 2. The van der Waals surface area contributed by atoms with E-state index >= 15 is 0 Å². The molecule has 1 atom stereocenters. The third-order valence-corrected chi connectivity index (χ3v) is 6.06. The van der Waals surface area contributed by atoms with E-state index in [1.165, 1.54) is 9.75 Å². The summed E-state index contributed by atoms with van der Waals surface area (Å²) in [4.78, 5) is 10.1. The van der Waals surface area contributed by atoms with Crippen LogP contribution in [0.5, 0.6) is 5.75 Å². The lowest BCUT2D eigenvalue weighted by atomic mass is 10.1. The van der Waals surface area contributed by atoms with Crippen molar-refractivity contribution >= 4 is 41.3 Å². The van der Waals surface area contributed by atoms with Crippen molar-refractivity contribution in [3.63, 3.8) is 0 Å². The molecule has 3 N–H and O–H groups in total. The lowest BCUT2D eigenvalue weighted by Gasteiger charge is -2.33. The second-order valence-corrected chi connectivity index (χ2v) is 8.50. The molecular weight excluding hydrogens is 511 g/mol. The molecule has 0 amide bonds. The molecule has 1 aliphatic rings. The number of rotatable bonds is 8. The molecule has 1 aromatic carbocycles. The van der Waals surface area contributed by atoms with Crippen LogP contribution in [0.4, 0.5) is 0 Å². The molecule has 1 fully saturated rings. The van der Waals surface area contributed by atoms with Gasteiger partial charge in [-0.05, 0) is 50.1 Å². The molecule has 2 heterocycles. The van der Waals surface area contributed by atoms with Crippen LogP contribution in [-0.2, 0) is 11.2 Å². The van der Waals surface area contributed by atoms with Crippen LogP contribution >= 0.6 is 35.3 Å². The molecule has 2 aromatic rings. The second kappa shape index (κ2) is 13.1. The number of nitrogens with one attached hydrogen (secondary N) is 2. The highest BCUT2D eigenvalue weighted by Gasteiger charge is 2.23. The maximum atomic E-state index is 9.62. The van der Waals surface area contributed by atoms with Crippen LogP contribution in [-0.4, -0.2) is 61.9 Å². The summed E-state index contributed by atoms with van der Waals surface area (Å²) >= 11 is 1.85. The van der Waals surface area contributed by atoms with E-state index in [4.69, 9.17) is 9.73 Å². The minimum absolute atomic E-state index is 0. The maximum absolute atomic E-state index is 9.62. The Labute approximate surface area is 200 Å². The van der Waals surface area contributed by atoms with Gasteiger partial charge >= 0.3 is 0 Å². The molecule has 3 rings (SSSR count). The average molecular weight is 545 g/mol. The molecule has 1 unspecified atom stereocenters. The van der Waals surface area contributed by atoms with Gasteiger partial charge < -0.3 is 20.5 Å². The third kappa shape index (κ3) is 7.72. The van der Waals surface area contributed by atoms with Crippen molar-refractivity contribution < 1.29 is 9.84 Å². The Morgan fingerprint density at radius 3 is 2.70 bits per heavy atom. The maximum Gasteiger partial charge on any atom is 0.191 e. The van der Waals surface area contributed by atoms with E-state index in [9.17, 15) is 5.11 Å². The normalized spacial score (nSPS) is 16.0. The first-order valence-corrected chi connectivity index (χ1v) is 11.2. The van der Waals surface area contributed by atoms with Gasteiger partial charge in [-0.3, -0.25) is 9.89 Å². The Morgan fingerprint density at radius 1 is 1.23 bits per heavy atom. The monoisotopic (exact) mass is 544 g/mol. The number of phenols is 1. The van der Waals surface area contributed by atoms with Gasteiger partial charge in [-0.1, -0.05) is 12.1 Å². The summed E-state index contributed by atoms with van der Waals surface area (Å²) in [6, 6.07) is 12.1. The molecule has 8 heteroatoms. The SMILES string of the molecule is CCNC(=NCC(c1ccc(C)s1)N1CCOCC1)NCCc1cccc(O)c1.I. The highest BCUT2D eigenvalue weighted by Crippen LogP contribution is 2.28. The summed E-state index contributed by atoms with van der Waals surface area (Å²) in [7, 11) is 0. The van der Waals surface area contributed by atoms with Gasteiger partial charge in [0.1, 0.15) is 5.75 Å². The van der Waals surface area contributed by atoms with Crippen molar-refractivity contribution in [3.8, 4) is 5.75 Å². The van der Waals surface area contributed by atoms with Crippen molar-refractivity contribution in [1.29, 1.82) is 0 Å². The number of hydrogen-bond acceptors (Lipinski definition) is 5. The van der Waals surface area contributed by atoms with Gasteiger partial charge in [0, 0.05) is 35.9 Å². The Balaban J connectivity index is 0.00000320. The van der Waals surface area contributed by atoms with Gasteiger partial charge in [-0.2, -0.15) is 0 Å². The Hall–Kier alpha value is -1.36. The fraction of sp³-hybridized carbons (Fsp3) is 0.500. The van der Waals surface area contributed by atoms with E-state index in [0.29, 0.717) is 12.3 Å². The Morgan fingerprint density at radius 2 is 2.03 bits per heavy atom. The number of morpholine rings is 1. The van der Waals surface area contributed by atoms with Crippen LogP contribution in [0.25, 0.3) is 0 Å². The first-order chi connectivity index (χ1) is 14.2. The van der Waals surface area contributed by atoms with Gasteiger partial charge in [0.15, 0.2) is 5.96 Å². The van der Waals surface area contributed by atoms with E-state index in [1.807, 2.05) is 23.5 Å². The molecule has 0 bridgehead atoms. The number of halogens is 1. The van der Waals surface area contributed by atoms with Crippen LogP contribution in [0.2, 0.25) is 0 Å². The van der Waals surface area contributed by atoms with Crippen molar-refractivity contribution in [2.75, 3.05) is 45.9 Å². The molecule has 1 aliphatic heterocycles. The first kappa shape index (κ1) is 24.9. The van der Waals surface area contributed by atoms with E-state index in [1.54, 1.807) is 12.1 Å². The average Bonchev–Trinajstić information content (AvgIpc) is 3.15. The van der Waals surface area contributed by atoms with Crippen LogP contribution in [0.1, 0.15) is 28.3 Å². The zero-order valence-electron chi connectivity index (χ0n) is 17.8. The van der Waals surface area contributed by atoms with Crippen LogP contribution in [0.15, 0.2) is 41.4 Å². The van der Waals surface area contributed by atoms with E-state index < -0.39 is 0 Å². The Bertz CT molecular complexity index is 793. The molecule has 0 aliphatic carbocycles. The minimum atomic E-state index is 0. The van der Waals surface area contributed by atoms with Crippen molar-refractivity contribution in [1.82, 2.24) is 15.5 Å². The fourth-order valence-corrected chi connectivity index (χ4v) is 4.47. The molecule has 30 heavy (non-hydrogen) atoms. The van der Waals surface area contributed by atoms with Crippen LogP contribution < -0.4 is 10.6 Å². The predicted octanol–water partition coefficient (Wildman–Crippen LogP) is 3.55. The van der Waals surface area contributed by atoms with Gasteiger partial charge in [0.2, 0.25) is 0 Å². The van der Waals surface area contributed by atoms with Crippen LogP contribution in [0.3, 0.4) is 0 Å². The number of guanidine groups is 1. The largest absolute Gasteiger partial charge is 0.508 e. The number of phenolic OH excluding ortho intramolecular Hbond substituents is 1. The lowest BCUT2D eigenvalue weighted by molar-refractivity contribution is 0.0186. The number of aliphatic imine (C=N–C) groups is 1. The van der Waals surface area contributed by atoms with Crippen molar-refractivity contribution in [3.05, 3.63) is 51.7 Å². The number of benzene rings is 1. The minimum Gasteiger partial charge on any atom is -0.508 e. The highest BCUT2D eigenvalue weighted by molar-refractivity contribution is 14.0. The first-order valence-electron chi connectivity index (χ1n) is 10.3. The van der Waals surface area contributed by atoms with Gasteiger partial charge in [0.25, 0.3) is 0 Å².